The molecule has 0 aromatic heterocycles. The molecule has 1 atom stereocenters. The SMILES string of the molecule is CN1CCCc2cc([C@@H](CNS(=O)(=O)c3ccc4ccccc4c3)N(C)C)ccc21. The van der Waals surface area contributed by atoms with E-state index in [9.17, 15) is 8.42 Å². The highest BCUT2D eigenvalue weighted by atomic mass is 32.2. The summed E-state index contributed by atoms with van der Waals surface area (Å²) in [6.45, 7) is 1.39. The minimum atomic E-state index is -3.60. The number of hydrogen-bond acceptors (Lipinski definition) is 4. The highest BCUT2D eigenvalue weighted by Crippen LogP contribution is 2.30. The molecule has 158 valence electrons. The fourth-order valence-corrected chi connectivity index (χ4v) is 5.29. The van der Waals surface area contributed by atoms with E-state index in [1.54, 1.807) is 12.1 Å². The van der Waals surface area contributed by atoms with Gasteiger partial charge in [-0.25, -0.2) is 13.1 Å². The first-order valence-electron chi connectivity index (χ1n) is 10.3. The number of anilines is 1. The van der Waals surface area contributed by atoms with E-state index in [1.807, 2.05) is 44.4 Å². The van der Waals surface area contributed by atoms with E-state index < -0.39 is 10.0 Å². The number of aryl methyl sites for hydroxylation is 1. The monoisotopic (exact) mass is 423 g/mol. The van der Waals surface area contributed by atoms with Gasteiger partial charge in [-0.3, -0.25) is 0 Å². The van der Waals surface area contributed by atoms with Gasteiger partial charge < -0.3 is 9.80 Å². The van der Waals surface area contributed by atoms with Crippen LogP contribution in [0.25, 0.3) is 10.8 Å². The van der Waals surface area contributed by atoms with Crippen LogP contribution in [-0.2, 0) is 16.4 Å². The summed E-state index contributed by atoms with van der Waals surface area (Å²) in [5, 5.41) is 1.95. The molecule has 0 saturated carbocycles. The molecule has 1 heterocycles. The van der Waals surface area contributed by atoms with Gasteiger partial charge in [0.15, 0.2) is 0 Å². The molecule has 0 aliphatic carbocycles. The summed E-state index contributed by atoms with van der Waals surface area (Å²) in [5.41, 5.74) is 3.75. The molecular formula is C24H29N3O2S. The third kappa shape index (κ3) is 4.21. The van der Waals surface area contributed by atoms with Gasteiger partial charge in [-0.05, 0) is 67.0 Å². The first-order chi connectivity index (χ1) is 14.3. The maximum atomic E-state index is 13.0. The van der Waals surface area contributed by atoms with Crippen LogP contribution in [0.5, 0.6) is 0 Å². The third-order valence-corrected chi connectivity index (χ3v) is 7.38. The van der Waals surface area contributed by atoms with Crippen LogP contribution in [0.15, 0.2) is 65.6 Å². The Morgan fingerprint density at radius 1 is 1.03 bits per heavy atom. The number of nitrogens with zero attached hydrogens (tertiary/aromatic N) is 2. The minimum absolute atomic E-state index is 0.0437. The van der Waals surface area contributed by atoms with Crippen LogP contribution in [0, 0.1) is 0 Å². The van der Waals surface area contributed by atoms with E-state index in [4.69, 9.17) is 0 Å². The Bertz CT molecular complexity index is 1160. The summed E-state index contributed by atoms with van der Waals surface area (Å²) in [6.07, 6.45) is 2.21. The molecule has 0 radical (unpaired) electrons. The van der Waals surface area contributed by atoms with Crippen molar-refractivity contribution in [1.29, 1.82) is 0 Å². The maximum Gasteiger partial charge on any atom is 0.240 e. The van der Waals surface area contributed by atoms with Gasteiger partial charge in [-0.15, -0.1) is 0 Å². The average molecular weight is 424 g/mol. The van der Waals surface area contributed by atoms with Gasteiger partial charge in [0, 0.05) is 31.9 Å². The van der Waals surface area contributed by atoms with Crippen molar-refractivity contribution in [2.45, 2.75) is 23.8 Å². The maximum absolute atomic E-state index is 13.0. The van der Waals surface area contributed by atoms with E-state index in [0.29, 0.717) is 11.4 Å². The Morgan fingerprint density at radius 3 is 2.57 bits per heavy atom. The lowest BCUT2D eigenvalue weighted by atomic mass is 9.96. The van der Waals surface area contributed by atoms with Crippen LogP contribution in [0.1, 0.15) is 23.6 Å². The zero-order valence-corrected chi connectivity index (χ0v) is 18.6. The van der Waals surface area contributed by atoms with Crippen LogP contribution in [-0.4, -0.2) is 47.6 Å². The predicted octanol–water partition coefficient (Wildman–Crippen LogP) is 3.80. The topological polar surface area (TPSA) is 52.7 Å². The summed E-state index contributed by atoms with van der Waals surface area (Å²) in [6, 6.07) is 19.5. The number of fused-ring (bicyclic) bond motifs is 2. The van der Waals surface area contributed by atoms with Gasteiger partial charge in [-0.2, -0.15) is 0 Å². The first-order valence-corrected chi connectivity index (χ1v) is 11.8. The van der Waals surface area contributed by atoms with Crippen LogP contribution >= 0.6 is 0 Å². The van der Waals surface area contributed by atoms with E-state index in [-0.39, 0.29) is 6.04 Å². The van der Waals surface area contributed by atoms with Crippen molar-refractivity contribution in [2.24, 2.45) is 0 Å². The molecule has 0 spiro atoms. The van der Waals surface area contributed by atoms with Crippen molar-refractivity contribution in [3.63, 3.8) is 0 Å². The van der Waals surface area contributed by atoms with Gasteiger partial charge in [0.25, 0.3) is 0 Å². The first kappa shape index (κ1) is 20.8. The molecule has 0 amide bonds. The van der Waals surface area contributed by atoms with Crippen molar-refractivity contribution >= 4 is 26.5 Å². The summed E-state index contributed by atoms with van der Waals surface area (Å²) >= 11 is 0. The molecule has 1 aliphatic heterocycles. The lowest BCUT2D eigenvalue weighted by molar-refractivity contribution is 0.299. The normalized spacial score (nSPS) is 15.4. The molecule has 6 heteroatoms. The molecule has 3 aromatic carbocycles. The number of benzene rings is 3. The van der Waals surface area contributed by atoms with Crippen molar-refractivity contribution < 1.29 is 8.42 Å². The van der Waals surface area contributed by atoms with Crippen molar-refractivity contribution in [1.82, 2.24) is 9.62 Å². The molecular weight excluding hydrogens is 394 g/mol. The van der Waals surface area contributed by atoms with E-state index in [1.165, 1.54) is 11.3 Å². The molecule has 0 unspecified atom stereocenters. The lowest BCUT2D eigenvalue weighted by Crippen LogP contribution is -2.34. The number of rotatable bonds is 6. The Balaban J connectivity index is 1.56. The predicted molar refractivity (Wildman–Crippen MR) is 124 cm³/mol. The van der Waals surface area contributed by atoms with Gasteiger partial charge in [0.05, 0.1) is 4.90 Å². The quantitative estimate of drug-likeness (QED) is 0.655. The fourth-order valence-electron chi connectivity index (χ4n) is 4.22. The minimum Gasteiger partial charge on any atom is -0.374 e. The molecule has 5 nitrogen and oxygen atoms in total. The molecule has 1 N–H and O–H groups in total. The van der Waals surface area contributed by atoms with Crippen LogP contribution in [0.3, 0.4) is 0 Å². The smallest absolute Gasteiger partial charge is 0.240 e. The zero-order valence-electron chi connectivity index (χ0n) is 17.8. The van der Waals surface area contributed by atoms with E-state index >= 15 is 0 Å². The molecule has 3 aromatic rings. The third-order valence-electron chi connectivity index (χ3n) is 5.96. The highest BCUT2D eigenvalue weighted by Gasteiger charge is 2.22. The standard InChI is InChI=1S/C24H29N3O2S/c1-26(2)24(21-11-13-23-20(15-21)9-6-14-27(23)3)17-25-30(28,29)22-12-10-18-7-4-5-8-19(18)16-22/h4-5,7-8,10-13,15-16,24-25H,6,9,14,17H2,1-3H3/t24-/m1/s1. The number of sulfonamides is 1. The van der Waals surface area contributed by atoms with Crippen molar-refractivity contribution in [3.05, 3.63) is 71.8 Å². The summed E-state index contributed by atoms with van der Waals surface area (Å²) in [5.74, 6) is 0. The summed E-state index contributed by atoms with van der Waals surface area (Å²) in [7, 11) is 2.50. The van der Waals surface area contributed by atoms with Crippen molar-refractivity contribution in [3.8, 4) is 0 Å². The van der Waals surface area contributed by atoms with E-state index in [0.717, 1.165) is 35.7 Å². The second-order valence-electron chi connectivity index (χ2n) is 8.25. The van der Waals surface area contributed by atoms with Crippen LogP contribution < -0.4 is 9.62 Å². The molecule has 0 bridgehead atoms. The second-order valence-corrected chi connectivity index (χ2v) is 10.0. The summed E-state index contributed by atoms with van der Waals surface area (Å²) in [4.78, 5) is 4.65. The summed E-state index contributed by atoms with van der Waals surface area (Å²) < 4.78 is 28.8. The largest absolute Gasteiger partial charge is 0.374 e. The van der Waals surface area contributed by atoms with Gasteiger partial charge in [-0.1, -0.05) is 42.5 Å². The highest BCUT2D eigenvalue weighted by molar-refractivity contribution is 7.89. The Labute approximate surface area is 179 Å². The van der Waals surface area contributed by atoms with E-state index in [2.05, 4.69) is 39.8 Å². The fraction of sp³-hybridized carbons (Fsp3) is 0.333. The average Bonchev–Trinajstić information content (AvgIpc) is 2.73. The molecule has 0 saturated heterocycles. The Hall–Kier alpha value is -2.41. The molecule has 1 aliphatic rings. The molecule has 30 heavy (non-hydrogen) atoms. The molecule has 4 rings (SSSR count). The van der Waals surface area contributed by atoms with Crippen LogP contribution in [0.4, 0.5) is 5.69 Å². The zero-order chi connectivity index (χ0) is 21.3. The number of hydrogen-bond donors (Lipinski definition) is 1. The van der Waals surface area contributed by atoms with Gasteiger partial charge in [0.2, 0.25) is 10.0 Å². The Kier molecular flexibility index (Phi) is 5.82. The van der Waals surface area contributed by atoms with Gasteiger partial charge in [0.1, 0.15) is 0 Å². The lowest BCUT2D eigenvalue weighted by Gasteiger charge is -2.30. The number of nitrogens with one attached hydrogen (secondary N) is 1. The van der Waals surface area contributed by atoms with Crippen molar-refractivity contribution in [2.75, 3.05) is 39.1 Å². The van der Waals surface area contributed by atoms with Crippen LogP contribution in [0.2, 0.25) is 0 Å². The Morgan fingerprint density at radius 2 is 1.80 bits per heavy atom. The number of likely N-dealkylation sites (N-methyl/N-ethyl adjacent to an activating group) is 1. The second kappa shape index (κ2) is 8.38. The molecule has 0 fully saturated rings. The van der Waals surface area contributed by atoms with Gasteiger partial charge >= 0.3 is 0 Å².